The van der Waals surface area contributed by atoms with Crippen LogP contribution in [0.1, 0.15) is 45.4 Å². The lowest BCUT2D eigenvalue weighted by molar-refractivity contribution is -0.359. The normalized spacial score (nSPS) is 38.8. The first-order valence-electron chi connectivity index (χ1n) is 12.3. The Morgan fingerprint density at radius 3 is 1.94 bits per heavy atom. The highest BCUT2D eigenvalue weighted by Gasteiger charge is 2.50. The van der Waals surface area contributed by atoms with Crippen LogP contribution in [-0.4, -0.2) is 130 Å². The molecule has 0 spiro atoms. The molecule has 0 saturated carbocycles. The molecule has 0 amide bonds. The summed E-state index contributed by atoms with van der Waals surface area (Å²) in [4.78, 5) is 0. The van der Waals surface area contributed by atoms with Crippen molar-refractivity contribution < 1.29 is 54.7 Å². The Kier molecular flexibility index (Phi) is 13.6. The molecule has 0 aromatic rings. The van der Waals surface area contributed by atoms with E-state index in [1.54, 1.807) is 0 Å². The molecule has 34 heavy (non-hydrogen) atoms. The summed E-state index contributed by atoms with van der Waals surface area (Å²) < 4.78 is 21.9. The fourth-order valence-corrected chi connectivity index (χ4v) is 4.05. The molecule has 0 aromatic carbocycles. The van der Waals surface area contributed by atoms with Gasteiger partial charge in [-0.1, -0.05) is 26.2 Å². The second-order valence-electron chi connectivity index (χ2n) is 8.89. The predicted molar refractivity (Wildman–Crippen MR) is 119 cm³/mol. The number of rotatable bonds is 15. The molecule has 2 saturated heterocycles. The Hall–Kier alpha value is -0.480. The minimum absolute atomic E-state index is 0.280. The van der Waals surface area contributed by atoms with Crippen LogP contribution < -0.4 is 5.32 Å². The van der Waals surface area contributed by atoms with E-state index in [4.69, 9.17) is 18.9 Å². The quantitative estimate of drug-likeness (QED) is 0.112. The van der Waals surface area contributed by atoms with Gasteiger partial charge in [0.05, 0.1) is 13.2 Å². The van der Waals surface area contributed by atoms with Gasteiger partial charge in [0.2, 0.25) is 0 Å². The summed E-state index contributed by atoms with van der Waals surface area (Å²) >= 11 is 0. The molecule has 12 heteroatoms. The van der Waals surface area contributed by atoms with E-state index in [9.17, 15) is 35.7 Å². The second kappa shape index (κ2) is 15.6. The van der Waals surface area contributed by atoms with Gasteiger partial charge in [-0.15, -0.1) is 0 Å². The molecule has 2 fully saturated rings. The molecule has 0 radical (unpaired) electrons. The lowest BCUT2D eigenvalue weighted by Gasteiger charge is -2.45. The van der Waals surface area contributed by atoms with E-state index in [-0.39, 0.29) is 6.61 Å². The fourth-order valence-electron chi connectivity index (χ4n) is 4.05. The van der Waals surface area contributed by atoms with Crippen molar-refractivity contribution in [1.29, 1.82) is 0 Å². The van der Waals surface area contributed by atoms with Crippen molar-refractivity contribution in [2.24, 2.45) is 0 Å². The van der Waals surface area contributed by atoms with Crippen molar-refractivity contribution in [2.75, 3.05) is 32.9 Å². The Morgan fingerprint density at radius 1 is 0.676 bits per heavy atom. The zero-order chi connectivity index (χ0) is 25.1. The Balaban J connectivity index is 1.78. The van der Waals surface area contributed by atoms with Crippen molar-refractivity contribution in [3.63, 3.8) is 0 Å². The highest BCUT2D eigenvalue weighted by Crippen LogP contribution is 2.29. The van der Waals surface area contributed by atoms with Gasteiger partial charge in [0.1, 0.15) is 48.8 Å². The summed E-state index contributed by atoms with van der Waals surface area (Å²) in [6, 6.07) is 0. The number of hydrogen-bond donors (Lipinski definition) is 8. The van der Waals surface area contributed by atoms with Gasteiger partial charge in [0, 0.05) is 6.61 Å². The fraction of sp³-hybridized carbons (Fsp3) is 1.00. The first-order valence-corrected chi connectivity index (χ1v) is 12.3. The van der Waals surface area contributed by atoms with Crippen molar-refractivity contribution in [1.82, 2.24) is 5.32 Å². The van der Waals surface area contributed by atoms with Gasteiger partial charge < -0.3 is 60.0 Å². The summed E-state index contributed by atoms with van der Waals surface area (Å²) in [7, 11) is 0. The van der Waals surface area contributed by atoms with Crippen LogP contribution in [-0.2, 0) is 18.9 Å². The van der Waals surface area contributed by atoms with Crippen LogP contribution in [0.4, 0.5) is 0 Å². The molecule has 2 aliphatic heterocycles. The third kappa shape index (κ3) is 8.29. The molecular weight excluding hydrogens is 454 g/mol. The third-order valence-electron chi connectivity index (χ3n) is 6.20. The van der Waals surface area contributed by atoms with Crippen LogP contribution in [0, 0.1) is 0 Å². The molecule has 2 rings (SSSR count). The molecule has 8 N–H and O–H groups in total. The Labute approximate surface area is 200 Å². The van der Waals surface area contributed by atoms with Crippen molar-refractivity contribution in [2.45, 2.75) is 107 Å². The van der Waals surface area contributed by atoms with Gasteiger partial charge in [0.25, 0.3) is 0 Å². The first kappa shape index (κ1) is 29.7. The monoisotopic (exact) mass is 497 g/mol. The Morgan fingerprint density at radius 2 is 1.29 bits per heavy atom. The Bertz CT molecular complexity index is 541. The predicted octanol–water partition coefficient (Wildman–Crippen LogP) is -2.42. The molecule has 0 aliphatic carbocycles. The topological polar surface area (TPSA) is 191 Å². The van der Waals surface area contributed by atoms with E-state index < -0.39 is 74.6 Å². The summed E-state index contributed by atoms with van der Waals surface area (Å²) in [6.45, 7) is 3.04. The highest BCUT2D eigenvalue weighted by molar-refractivity contribution is 4.94. The van der Waals surface area contributed by atoms with Crippen LogP contribution in [0.2, 0.25) is 0 Å². The van der Waals surface area contributed by atoms with Crippen LogP contribution in [0.25, 0.3) is 0 Å². The minimum atomic E-state index is -1.70. The van der Waals surface area contributed by atoms with Crippen LogP contribution in [0.15, 0.2) is 0 Å². The summed E-state index contributed by atoms with van der Waals surface area (Å²) in [5.74, 6) is 0. The molecule has 2 heterocycles. The van der Waals surface area contributed by atoms with E-state index >= 15 is 0 Å². The summed E-state index contributed by atoms with van der Waals surface area (Å²) in [5.41, 5.74) is 0. The third-order valence-corrected chi connectivity index (χ3v) is 6.20. The molecule has 12 nitrogen and oxygen atoms in total. The molecule has 0 unspecified atom stereocenters. The lowest BCUT2D eigenvalue weighted by atomic mass is 9.97. The van der Waals surface area contributed by atoms with Crippen LogP contribution in [0.3, 0.4) is 0 Å². The van der Waals surface area contributed by atoms with Gasteiger partial charge in [0.15, 0.2) is 12.6 Å². The maximum atomic E-state index is 10.6. The SMILES string of the molecule is CCCCCCNCCCCO[C@@H]1O[C@H](CO)[C@@H](O[C@@H]2O[C@H](CO)[C@H](O)[C@H](O)[C@H]2O)[C@H](O)[C@H]1O. The van der Waals surface area contributed by atoms with Crippen molar-refractivity contribution >= 4 is 0 Å². The highest BCUT2D eigenvalue weighted by atomic mass is 16.7. The number of nitrogens with one attached hydrogen (secondary N) is 1. The molecular formula is C22H43NO11. The van der Waals surface area contributed by atoms with Gasteiger partial charge in [-0.2, -0.15) is 0 Å². The molecule has 10 atom stereocenters. The summed E-state index contributed by atoms with van der Waals surface area (Å²) in [5, 5.41) is 73.4. The molecule has 0 bridgehead atoms. The van der Waals surface area contributed by atoms with E-state index in [0.717, 1.165) is 25.9 Å². The minimum Gasteiger partial charge on any atom is -0.394 e. The van der Waals surface area contributed by atoms with Crippen molar-refractivity contribution in [3.05, 3.63) is 0 Å². The zero-order valence-corrected chi connectivity index (χ0v) is 19.8. The number of ether oxygens (including phenoxy) is 4. The van der Waals surface area contributed by atoms with E-state index in [1.165, 1.54) is 19.3 Å². The number of aliphatic hydroxyl groups excluding tert-OH is 7. The maximum Gasteiger partial charge on any atom is 0.187 e. The summed E-state index contributed by atoms with van der Waals surface area (Å²) in [6.07, 6.45) is -8.01. The van der Waals surface area contributed by atoms with Gasteiger partial charge in [-0.05, 0) is 32.4 Å². The van der Waals surface area contributed by atoms with E-state index in [1.807, 2.05) is 0 Å². The average molecular weight is 498 g/mol. The lowest BCUT2D eigenvalue weighted by Crippen LogP contribution is -2.64. The average Bonchev–Trinajstić information content (AvgIpc) is 2.84. The standard InChI is InChI=1S/C22H43NO11/c1-2-3-4-5-8-23-9-6-7-10-31-21-19(30)17(28)20(14(12-25)33-21)34-22-18(29)16(27)15(26)13(11-24)32-22/h13-30H,2-12H2,1H3/t13-,14-,15+,16+,17-,18-,19-,20-,21-,22+/m1/s1. The molecule has 202 valence electrons. The van der Waals surface area contributed by atoms with Gasteiger partial charge in [-0.25, -0.2) is 0 Å². The van der Waals surface area contributed by atoms with E-state index in [2.05, 4.69) is 12.2 Å². The first-order chi connectivity index (χ1) is 16.3. The van der Waals surface area contributed by atoms with Crippen LogP contribution >= 0.6 is 0 Å². The van der Waals surface area contributed by atoms with E-state index in [0.29, 0.717) is 6.42 Å². The molecule has 0 aromatic heterocycles. The van der Waals surface area contributed by atoms with Crippen LogP contribution in [0.5, 0.6) is 0 Å². The maximum absolute atomic E-state index is 10.6. The molecule has 2 aliphatic rings. The zero-order valence-electron chi connectivity index (χ0n) is 19.8. The van der Waals surface area contributed by atoms with Gasteiger partial charge in [-0.3, -0.25) is 0 Å². The van der Waals surface area contributed by atoms with Crippen molar-refractivity contribution in [3.8, 4) is 0 Å². The second-order valence-corrected chi connectivity index (χ2v) is 8.89. The van der Waals surface area contributed by atoms with Gasteiger partial charge >= 0.3 is 0 Å². The largest absolute Gasteiger partial charge is 0.394 e. The number of unbranched alkanes of at least 4 members (excludes halogenated alkanes) is 4. The number of hydrogen-bond acceptors (Lipinski definition) is 12. The number of aliphatic hydroxyl groups is 7. The smallest absolute Gasteiger partial charge is 0.187 e.